The molecule has 0 fully saturated rings. The Hall–Kier alpha value is -1.73. The Morgan fingerprint density at radius 1 is 1.14 bits per heavy atom. The summed E-state index contributed by atoms with van der Waals surface area (Å²) >= 11 is 0. The number of tetrazole rings is 1. The van der Waals surface area contributed by atoms with Crippen molar-refractivity contribution in [3.8, 4) is 11.4 Å². The Balaban J connectivity index is 0.000000845. The lowest BCUT2D eigenvalue weighted by atomic mass is 9.90. The van der Waals surface area contributed by atoms with Gasteiger partial charge in [0.15, 0.2) is 5.82 Å². The van der Waals surface area contributed by atoms with Gasteiger partial charge in [-0.15, -0.1) is 5.10 Å². The van der Waals surface area contributed by atoms with Gasteiger partial charge in [0.2, 0.25) is 0 Å². The zero-order valence-corrected chi connectivity index (χ0v) is 7.65. The summed E-state index contributed by atoms with van der Waals surface area (Å²) in [5.41, 5.74) is 2.21. The zero-order chi connectivity index (χ0) is 8.39. The van der Waals surface area contributed by atoms with E-state index in [2.05, 4.69) is 20.6 Å². The molecule has 0 radical (unpaired) electrons. The fraction of sp³-hybridized carbons (Fsp3) is 0. The van der Waals surface area contributed by atoms with E-state index in [1.165, 1.54) is 0 Å². The summed E-state index contributed by atoms with van der Waals surface area (Å²) in [5, 5.41) is 13.6. The number of H-pyrrole nitrogens is 1. The van der Waals surface area contributed by atoms with Crippen molar-refractivity contribution in [3.63, 3.8) is 0 Å². The molecule has 0 atom stereocenters. The second-order valence-corrected chi connectivity index (χ2v) is 2.56. The van der Waals surface area contributed by atoms with E-state index in [-0.39, 0.29) is 11.0 Å². The minimum absolute atomic E-state index is 0. The van der Waals surface area contributed by atoms with Crippen molar-refractivity contribution in [3.05, 3.63) is 24.3 Å². The van der Waals surface area contributed by atoms with Crippen molar-refractivity contribution < 1.29 is 11.0 Å². The largest absolute Gasteiger partial charge is 0.412 e. The van der Waals surface area contributed by atoms with Gasteiger partial charge < -0.3 is 11.0 Å². The molecule has 0 aliphatic heterocycles. The molecule has 1 heterocycles. The van der Waals surface area contributed by atoms with E-state index in [1.54, 1.807) is 0 Å². The molecule has 6 nitrogen and oxygen atoms in total. The Labute approximate surface area is 81.4 Å². The van der Waals surface area contributed by atoms with Crippen LogP contribution in [0.15, 0.2) is 24.3 Å². The molecule has 7 heteroatoms. The smallest absolute Gasteiger partial charge is 0.178 e. The first kappa shape index (κ1) is 12.3. The van der Waals surface area contributed by atoms with Crippen LogP contribution in [0.1, 0.15) is 0 Å². The van der Waals surface area contributed by atoms with Crippen LogP contribution in [0.25, 0.3) is 11.4 Å². The first-order chi connectivity index (χ1) is 5.88. The molecule has 14 heavy (non-hydrogen) atoms. The van der Waals surface area contributed by atoms with Gasteiger partial charge in [-0.1, -0.05) is 29.7 Å². The molecule has 2 aromatic rings. The number of rotatable bonds is 1. The maximum Gasteiger partial charge on any atom is 0.178 e. The van der Waals surface area contributed by atoms with Crippen molar-refractivity contribution in [2.24, 2.45) is 0 Å². The van der Waals surface area contributed by atoms with E-state index >= 15 is 0 Å². The third kappa shape index (κ3) is 2.15. The molecular weight excluding hydrogens is 183 g/mol. The van der Waals surface area contributed by atoms with Crippen LogP contribution in [0.5, 0.6) is 0 Å². The van der Waals surface area contributed by atoms with Crippen LogP contribution >= 0.6 is 0 Å². The molecule has 0 unspecified atom stereocenters. The highest BCUT2D eigenvalue weighted by Gasteiger charge is 2.02. The van der Waals surface area contributed by atoms with Crippen molar-refractivity contribution in [2.45, 2.75) is 0 Å². The summed E-state index contributed by atoms with van der Waals surface area (Å²) in [5.74, 6) is 0.716. The highest BCUT2D eigenvalue weighted by molar-refractivity contribution is 6.35. The summed E-state index contributed by atoms with van der Waals surface area (Å²) in [6.45, 7) is 0. The fourth-order valence-electron chi connectivity index (χ4n) is 1.11. The Morgan fingerprint density at radius 2 is 1.86 bits per heavy atom. The highest BCUT2D eigenvalue weighted by Crippen LogP contribution is 2.07. The summed E-state index contributed by atoms with van der Waals surface area (Å²) in [4.78, 5) is 0. The van der Waals surface area contributed by atoms with Gasteiger partial charge in [0.25, 0.3) is 0 Å². The molecule has 0 saturated carbocycles. The number of benzene rings is 1. The van der Waals surface area contributed by atoms with Gasteiger partial charge in [0.05, 0.1) is 0 Å². The van der Waals surface area contributed by atoms with Crippen LogP contribution < -0.4 is 5.46 Å². The monoisotopic (exact) mass is 194 g/mol. The highest BCUT2D eigenvalue weighted by atomic mass is 16.0. The minimum Gasteiger partial charge on any atom is -0.412 e. The molecule has 1 aromatic heterocycles. The van der Waals surface area contributed by atoms with E-state index in [4.69, 9.17) is 0 Å². The summed E-state index contributed by atoms with van der Waals surface area (Å²) in [6.07, 6.45) is 0. The van der Waals surface area contributed by atoms with Crippen molar-refractivity contribution in [2.75, 3.05) is 0 Å². The van der Waals surface area contributed by atoms with E-state index in [0.29, 0.717) is 5.82 Å². The predicted molar refractivity (Wildman–Crippen MR) is 55.0 cm³/mol. The maximum absolute atomic E-state index is 3.83. The van der Waals surface area contributed by atoms with Crippen LogP contribution in [-0.4, -0.2) is 39.4 Å². The third-order valence-corrected chi connectivity index (χ3v) is 1.75. The quantitative estimate of drug-likeness (QED) is 0.504. The van der Waals surface area contributed by atoms with Crippen molar-refractivity contribution in [1.29, 1.82) is 0 Å². The third-order valence-electron chi connectivity index (χ3n) is 1.75. The molecule has 0 bridgehead atoms. The van der Waals surface area contributed by atoms with Gasteiger partial charge in [-0.2, -0.15) is 0 Å². The van der Waals surface area contributed by atoms with Gasteiger partial charge in [-0.25, -0.2) is 5.10 Å². The average Bonchev–Trinajstić information content (AvgIpc) is 2.57. The first-order valence-electron chi connectivity index (χ1n) is 3.67. The first-order valence-corrected chi connectivity index (χ1v) is 3.67. The lowest BCUT2D eigenvalue weighted by Gasteiger charge is -1.98. The molecule has 0 aliphatic rings. The topological polar surface area (TPSA) is 117 Å². The molecule has 0 amide bonds. The normalized spacial score (nSPS) is 8.57. The van der Waals surface area contributed by atoms with Gasteiger partial charge in [-0.3, -0.25) is 0 Å². The van der Waals surface area contributed by atoms with Crippen LogP contribution in [0, 0.1) is 0 Å². The molecule has 74 valence electrons. The Kier molecular flexibility index (Phi) is 4.47. The number of nitrogens with one attached hydrogen (secondary N) is 1. The molecule has 2 rings (SSSR count). The van der Waals surface area contributed by atoms with Crippen LogP contribution in [0.4, 0.5) is 0 Å². The number of aromatic amines is 1. The minimum atomic E-state index is 0. The molecule has 1 aromatic carbocycles. The molecular formula is C7H11BN4O2. The van der Waals surface area contributed by atoms with Crippen LogP contribution in [-0.2, 0) is 0 Å². The van der Waals surface area contributed by atoms with Crippen molar-refractivity contribution in [1.82, 2.24) is 20.6 Å². The predicted octanol–water partition coefficient (Wildman–Crippen LogP) is -2.52. The number of nitrogens with zero attached hydrogens (tertiary/aromatic N) is 3. The number of hydrogen-bond acceptors (Lipinski definition) is 3. The zero-order valence-electron chi connectivity index (χ0n) is 7.65. The van der Waals surface area contributed by atoms with Gasteiger partial charge in [0.1, 0.15) is 7.85 Å². The lowest BCUT2D eigenvalue weighted by Crippen LogP contribution is -2.06. The van der Waals surface area contributed by atoms with E-state index < -0.39 is 0 Å². The standard InChI is InChI=1S/C7H7BN4.2H2O/c8-6-4-2-1-3-5(6)7-9-11-12-10-7;;/h1-4H,8H2,(H,9,10,11,12);2*1H2. The molecule has 0 saturated heterocycles. The summed E-state index contributed by atoms with van der Waals surface area (Å²) in [7, 11) is 2.03. The second kappa shape index (κ2) is 5.10. The maximum atomic E-state index is 3.83. The van der Waals surface area contributed by atoms with Gasteiger partial charge in [-0.05, 0) is 10.4 Å². The number of hydrogen-bond donors (Lipinski definition) is 1. The SMILES string of the molecule is Bc1ccccc1-c1nnn[nH]1.O.O. The Bertz CT molecular complexity index is 379. The van der Waals surface area contributed by atoms with Crippen LogP contribution in [0.2, 0.25) is 0 Å². The number of aromatic nitrogens is 4. The van der Waals surface area contributed by atoms with E-state index in [0.717, 1.165) is 11.0 Å². The molecule has 0 aliphatic carbocycles. The molecule has 5 N–H and O–H groups in total. The van der Waals surface area contributed by atoms with Gasteiger partial charge in [0, 0.05) is 5.56 Å². The van der Waals surface area contributed by atoms with Crippen LogP contribution in [0.3, 0.4) is 0 Å². The average molecular weight is 194 g/mol. The summed E-state index contributed by atoms with van der Waals surface area (Å²) in [6, 6.07) is 7.96. The van der Waals surface area contributed by atoms with Crippen molar-refractivity contribution >= 4 is 13.3 Å². The van der Waals surface area contributed by atoms with E-state index in [9.17, 15) is 0 Å². The lowest BCUT2D eigenvalue weighted by molar-refractivity contribution is 0.823. The van der Waals surface area contributed by atoms with E-state index in [1.807, 2.05) is 32.1 Å². The molecule has 0 spiro atoms. The fourth-order valence-corrected chi connectivity index (χ4v) is 1.11. The second-order valence-electron chi connectivity index (χ2n) is 2.56. The van der Waals surface area contributed by atoms with Gasteiger partial charge >= 0.3 is 0 Å². The summed E-state index contributed by atoms with van der Waals surface area (Å²) < 4.78 is 0. The Morgan fingerprint density at radius 3 is 2.43 bits per heavy atom.